The first-order chi connectivity index (χ1) is 70.0. The SMILES string of the molecule is CCCS(=O)(=O)Nc1ccc(C)cc1.CI.Cc1ccc(N)nc1.Cc1ccc(Nc2nc(-c3ccccc3)nc3ccccc23)cc1.Cc1cccc(CC(=O)OCc2ccc(C(C)C)cc2)c1.Cc1cccc(NC(=O)OC2CCCC2)c1.Cc1cccc(NC(=O)OC2CCOC2)c1.Cc1cccc(NC(=O)OC2CCOCC2)c1.Cc1cccc(NC(=O)OCC2CCCC2)c1.Cc1nc2ccccc2s1. The predicted molar refractivity (Wildman–Crippen MR) is 598 cm³/mol. The molecule has 0 radical (unpaired) electrons. The largest absolute Gasteiger partial charge is 0.461 e. The molecule has 4 fully saturated rings. The number of alkyl halides is 1. The summed E-state index contributed by atoms with van der Waals surface area (Å²) in [5.41, 5.74) is 25.5. The number of halogens is 1. The van der Waals surface area contributed by atoms with Gasteiger partial charge in [0.15, 0.2) is 5.82 Å². The van der Waals surface area contributed by atoms with E-state index in [4.69, 9.17) is 48.9 Å². The summed E-state index contributed by atoms with van der Waals surface area (Å²) in [5.74, 6) is 3.19. The third kappa shape index (κ3) is 45.0. The van der Waals surface area contributed by atoms with Gasteiger partial charge in [-0.1, -0.05) is 255 Å². The second-order valence-corrected chi connectivity index (χ2v) is 39.0. The van der Waals surface area contributed by atoms with Crippen LogP contribution >= 0.6 is 33.9 Å². The van der Waals surface area contributed by atoms with Crippen LogP contribution in [0.5, 0.6) is 0 Å². The van der Waals surface area contributed by atoms with Crippen molar-refractivity contribution in [1.29, 1.82) is 0 Å². The number of esters is 1. The Bertz CT molecular complexity index is 6250. The highest BCUT2D eigenvalue weighted by Gasteiger charge is 2.24. The van der Waals surface area contributed by atoms with Crippen molar-refractivity contribution in [2.75, 3.05) is 80.8 Å². The number of thiazole rings is 1. The summed E-state index contributed by atoms with van der Waals surface area (Å²) in [7, 11) is -3.15. The minimum absolute atomic E-state index is 0.0199. The molecular formula is C117H140IN11O14S2. The number of sulfonamides is 1. The van der Waals surface area contributed by atoms with E-state index in [-0.39, 0.29) is 48.3 Å². The molecule has 766 valence electrons. The molecule has 14 aromatic rings. The number of hydrogen-bond donors (Lipinski definition) is 7. The number of carbonyl (C=O) groups excluding carboxylic acids is 5. The molecule has 2 aliphatic carbocycles. The van der Waals surface area contributed by atoms with Crippen LogP contribution in [0.25, 0.3) is 32.5 Å². The fourth-order valence-electron chi connectivity index (χ4n) is 15.2. The lowest BCUT2D eigenvalue weighted by Crippen LogP contribution is -2.28. The Morgan fingerprint density at radius 2 is 0.910 bits per heavy atom. The number of nitrogens with one attached hydrogen (secondary N) is 6. The monoisotopic (exact) mass is 2110 g/mol. The normalized spacial score (nSPS) is 13.4. The summed E-state index contributed by atoms with van der Waals surface area (Å²) in [6.45, 7) is 27.6. The van der Waals surface area contributed by atoms with Gasteiger partial charge < -0.3 is 44.2 Å². The van der Waals surface area contributed by atoms with Crippen molar-refractivity contribution in [2.24, 2.45) is 5.92 Å². The number of fused-ring (bicyclic) bond motifs is 2. The number of benzene rings is 11. The third-order valence-corrected chi connectivity index (χ3v) is 25.2. The van der Waals surface area contributed by atoms with Gasteiger partial charge >= 0.3 is 30.3 Å². The van der Waals surface area contributed by atoms with E-state index in [0.717, 1.165) is 149 Å². The van der Waals surface area contributed by atoms with Crippen LogP contribution in [0.3, 0.4) is 0 Å². The number of aromatic nitrogens is 4. The molecule has 145 heavy (non-hydrogen) atoms. The fourth-order valence-corrected chi connectivity index (χ4v) is 17.1. The Labute approximate surface area is 873 Å². The molecule has 28 heteroatoms. The summed E-state index contributed by atoms with van der Waals surface area (Å²) in [6, 6.07) is 92.4. The molecule has 18 rings (SSSR count). The Morgan fingerprint density at radius 1 is 0.441 bits per heavy atom. The number of nitrogens with two attached hydrogens (primary N) is 1. The third-order valence-electron chi connectivity index (χ3n) is 22.7. The zero-order valence-corrected chi connectivity index (χ0v) is 89.3. The van der Waals surface area contributed by atoms with Gasteiger partial charge in [-0.05, 0) is 272 Å². The quantitative estimate of drug-likeness (QED) is 0.0152. The number of carbonyl (C=O) groups is 5. The van der Waals surface area contributed by atoms with Gasteiger partial charge in [-0.3, -0.25) is 30.8 Å². The van der Waals surface area contributed by atoms with Crippen molar-refractivity contribution in [1.82, 2.24) is 19.9 Å². The fraction of sp³-hybridized carbons (Fsp3) is 0.325. The molecule has 1 unspecified atom stereocenters. The number of hydrogen-bond acceptors (Lipinski definition) is 21. The van der Waals surface area contributed by atoms with Crippen LogP contribution in [0.15, 0.2) is 291 Å². The van der Waals surface area contributed by atoms with E-state index in [0.29, 0.717) is 75.8 Å². The number of nitrogen functional groups attached to an aromatic ring is 1. The lowest BCUT2D eigenvalue weighted by Gasteiger charge is -2.22. The van der Waals surface area contributed by atoms with Crippen LogP contribution in [-0.4, -0.2) is 121 Å². The van der Waals surface area contributed by atoms with Crippen LogP contribution < -0.4 is 37.0 Å². The van der Waals surface area contributed by atoms with Crippen LogP contribution in [0.1, 0.15) is 170 Å². The van der Waals surface area contributed by atoms with Crippen molar-refractivity contribution in [2.45, 2.75) is 197 Å². The van der Waals surface area contributed by atoms with E-state index in [9.17, 15) is 32.4 Å². The molecule has 4 aliphatic rings. The zero-order valence-electron chi connectivity index (χ0n) is 85.5. The molecule has 4 amide bonds. The van der Waals surface area contributed by atoms with Crippen molar-refractivity contribution >= 4 is 141 Å². The van der Waals surface area contributed by atoms with Crippen molar-refractivity contribution < 1.29 is 65.5 Å². The Hall–Kier alpha value is -13.7. The van der Waals surface area contributed by atoms with Crippen molar-refractivity contribution in [3.8, 4) is 11.4 Å². The molecule has 1 atom stereocenters. The van der Waals surface area contributed by atoms with E-state index < -0.39 is 16.1 Å². The van der Waals surface area contributed by atoms with Crippen molar-refractivity contribution in [3.63, 3.8) is 0 Å². The predicted octanol–water partition coefficient (Wildman–Crippen LogP) is 28.8. The van der Waals surface area contributed by atoms with E-state index in [1.807, 2.05) is 292 Å². The summed E-state index contributed by atoms with van der Waals surface area (Å²) >= 11 is 3.89. The number of aryl methyl sites for hydroxylation is 9. The Balaban J connectivity index is 0.000000183. The molecule has 3 aromatic heterocycles. The minimum atomic E-state index is -3.15. The van der Waals surface area contributed by atoms with E-state index in [2.05, 4.69) is 127 Å². The smallest absolute Gasteiger partial charge is 0.411 e. The molecule has 2 aliphatic heterocycles. The molecule has 2 saturated heterocycles. The average Bonchev–Trinajstić information content (AvgIpc) is 1.38. The van der Waals surface area contributed by atoms with Gasteiger partial charge in [0.1, 0.15) is 36.6 Å². The van der Waals surface area contributed by atoms with Gasteiger partial charge in [0.05, 0.1) is 65.9 Å². The zero-order chi connectivity index (χ0) is 104. The van der Waals surface area contributed by atoms with E-state index in [1.165, 1.54) is 54.4 Å². The van der Waals surface area contributed by atoms with Gasteiger partial charge in [-0.15, -0.1) is 11.3 Å². The Morgan fingerprint density at radius 3 is 1.41 bits per heavy atom. The lowest BCUT2D eigenvalue weighted by molar-refractivity contribution is -0.144. The molecule has 0 spiro atoms. The standard InChI is InChI=1S/C21H17N3.C19H22O2.C14H19NO2.C13H17NO3.C13H17NO2.C12H15NO3.C10H15NO2S.C8H7NS.C6H8N2.CH3I/c1-15-11-13-17(14-12-15)22-21-18-9-5-6-10-19(18)23-20(24-21)16-7-3-2-4-8-16;1-14(2)18-9-7-16(8-10-18)13-21-19(20)12-17-6-4-5-15(3)11-17;1-11-5-4-8-13(9-11)15-14(16)17-10-12-6-2-3-7-12;1-10-3-2-4-11(9-10)14-13(15)17-12-5-7-16-8-6-12;1-10-5-4-6-11(9-10)14-13(15)16-12-7-2-3-8-12;1-9-3-2-4-10(7-9)13-12(14)16-11-5-6-15-8-11;1-3-8-14(12,13)11-10-6-4-9(2)5-7-10;1-6-9-7-4-2-3-5-8(7)10-6;1-5-2-3-6(7)8-4-5;1-2/h2-14H,1H3,(H,22,23,24);4-11,14H,12-13H2,1-3H3;4-5,8-9,12H,2-3,6-7,10H2,1H3,(H,15,16);2-4,9,12H,5-8H2,1H3,(H,14,15);4-6,9,12H,2-3,7-8H2,1H3,(H,14,15);2-4,7,11H,5-6,8H2,1H3,(H,13,14);4-7,11H,3,8H2,1-2H3;2-5H,1H3;2-4H,1H3,(H2,7,8);1H3. The van der Waals surface area contributed by atoms with Crippen LogP contribution in [0.2, 0.25) is 0 Å². The molecule has 2 saturated carbocycles. The maximum Gasteiger partial charge on any atom is 0.411 e. The van der Waals surface area contributed by atoms with Gasteiger partial charge in [-0.25, -0.2) is 47.5 Å². The first-order valence-corrected chi connectivity index (χ1v) is 53.8. The molecule has 25 nitrogen and oxygen atoms in total. The highest BCUT2D eigenvalue weighted by Crippen LogP contribution is 2.31. The minimum Gasteiger partial charge on any atom is -0.461 e. The average molecular weight is 2120 g/mol. The number of pyridine rings is 1. The van der Waals surface area contributed by atoms with Crippen LogP contribution in [-0.2, 0) is 61.0 Å². The summed E-state index contributed by atoms with van der Waals surface area (Å²) in [5, 5.41) is 16.5. The van der Waals surface area contributed by atoms with Gasteiger partial charge in [0.2, 0.25) is 10.0 Å². The Kier molecular flexibility index (Phi) is 49.8. The lowest BCUT2D eigenvalue weighted by atomic mass is 10.0. The first kappa shape index (κ1) is 115. The summed E-state index contributed by atoms with van der Waals surface area (Å²) < 4.78 is 63.2. The van der Waals surface area contributed by atoms with Gasteiger partial charge in [-0.2, -0.15) is 0 Å². The first-order valence-electron chi connectivity index (χ1n) is 49.2. The highest BCUT2D eigenvalue weighted by molar-refractivity contribution is 14.1. The number of para-hydroxylation sites is 2. The van der Waals surface area contributed by atoms with E-state index in [1.54, 1.807) is 35.7 Å². The number of amides is 4. The molecule has 11 aromatic carbocycles. The highest BCUT2D eigenvalue weighted by atomic mass is 127. The molecular weight excluding hydrogens is 1970 g/mol. The second kappa shape index (κ2) is 62.8. The number of anilines is 8. The maximum atomic E-state index is 11.9. The number of ether oxygens (including phenoxy) is 7. The van der Waals surface area contributed by atoms with Crippen LogP contribution in [0.4, 0.5) is 64.9 Å². The maximum absolute atomic E-state index is 11.9. The van der Waals surface area contributed by atoms with Crippen molar-refractivity contribution in [3.05, 3.63) is 358 Å². The summed E-state index contributed by atoms with van der Waals surface area (Å²) in [4.78, 5) is 77.7. The van der Waals surface area contributed by atoms with E-state index >= 15 is 0 Å². The second-order valence-electron chi connectivity index (χ2n) is 35.9. The van der Waals surface area contributed by atoms with Crippen LogP contribution in [0, 0.1) is 68.2 Å². The molecule has 5 heterocycles. The topological polar surface area (TPSA) is 334 Å². The number of rotatable bonds is 21. The number of nitrogens with zero attached hydrogens (tertiary/aromatic N) is 4. The molecule has 0 bridgehead atoms. The molecule has 8 N–H and O–H groups in total. The summed E-state index contributed by atoms with van der Waals surface area (Å²) in [6.07, 6.45) is 12.8. The van der Waals surface area contributed by atoms with Gasteiger partial charge in [0, 0.05) is 70.5 Å². The van der Waals surface area contributed by atoms with Gasteiger partial charge in [0.25, 0.3) is 0 Å².